The second-order valence-corrected chi connectivity index (χ2v) is 5.66. The van der Waals surface area contributed by atoms with Gasteiger partial charge in [0.1, 0.15) is 0 Å². The van der Waals surface area contributed by atoms with E-state index in [9.17, 15) is 4.79 Å². The van der Waals surface area contributed by atoms with E-state index < -0.39 is 5.97 Å². The van der Waals surface area contributed by atoms with Crippen LogP contribution in [0.15, 0.2) is 12.3 Å². The smallest absolute Gasteiger partial charge is 0.306 e. The fourth-order valence-electron chi connectivity index (χ4n) is 2.61. The Labute approximate surface area is 114 Å². The zero-order valence-corrected chi connectivity index (χ0v) is 11.7. The van der Waals surface area contributed by atoms with Crippen LogP contribution in [0.1, 0.15) is 51.3 Å². The highest BCUT2D eigenvalue weighted by molar-refractivity contribution is 5.70. The largest absolute Gasteiger partial charge is 0.481 e. The molecule has 1 fully saturated rings. The fraction of sp³-hybridized carbons (Fsp3) is 0.714. The van der Waals surface area contributed by atoms with Crippen molar-refractivity contribution >= 4 is 5.97 Å². The Morgan fingerprint density at radius 3 is 3.00 bits per heavy atom. The van der Waals surface area contributed by atoms with E-state index in [0.29, 0.717) is 12.1 Å². The number of hydrogen-bond donors (Lipinski definition) is 2. The Hall–Kier alpha value is -1.36. The topological polar surface area (TPSA) is 67.2 Å². The minimum absolute atomic E-state index is 0.181. The van der Waals surface area contributed by atoms with Gasteiger partial charge in [-0.25, -0.2) is 0 Å². The van der Waals surface area contributed by atoms with Crippen LogP contribution in [-0.4, -0.2) is 26.9 Å². The fourth-order valence-corrected chi connectivity index (χ4v) is 2.61. The average Bonchev–Trinajstić information content (AvgIpc) is 2.85. The maximum Gasteiger partial charge on any atom is 0.306 e. The summed E-state index contributed by atoms with van der Waals surface area (Å²) in [5, 5.41) is 17.0. The van der Waals surface area contributed by atoms with Crippen LogP contribution in [0.25, 0.3) is 0 Å². The van der Waals surface area contributed by atoms with E-state index in [1.807, 2.05) is 16.9 Å². The molecule has 106 valence electrons. The zero-order chi connectivity index (χ0) is 13.8. The summed E-state index contributed by atoms with van der Waals surface area (Å²) < 4.78 is 1.94. The van der Waals surface area contributed by atoms with Crippen LogP contribution >= 0.6 is 0 Å². The molecule has 1 aromatic heterocycles. The van der Waals surface area contributed by atoms with Gasteiger partial charge >= 0.3 is 5.97 Å². The Bertz CT molecular complexity index is 428. The number of carboxylic acid groups (broad SMARTS) is 1. The molecule has 2 unspecified atom stereocenters. The SMILES string of the molecule is CC(C)n1ccc(CNC2CCCC(C(=O)O)C2)n1. The van der Waals surface area contributed by atoms with Crippen molar-refractivity contribution < 1.29 is 9.90 Å². The Morgan fingerprint density at radius 2 is 2.37 bits per heavy atom. The normalized spacial score (nSPS) is 23.7. The van der Waals surface area contributed by atoms with Gasteiger partial charge in [-0.15, -0.1) is 0 Å². The lowest BCUT2D eigenvalue weighted by atomic mass is 9.86. The summed E-state index contributed by atoms with van der Waals surface area (Å²) in [5.41, 5.74) is 1.02. The molecule has 0 aromatic carbocycles. The van der Waals surface area contributed by atoms with Crippen molar-refractivity contribution in [1.82, 2.24) is 15.1 Å². The summed E-state index contributed by atoms with van der Waals surface area (Å²) in [6.07, 6.45) is 5.60. The number of nitrogens with one attached hydrogen (secondary N) is 1. The average molecular weight is 265 g/mol. The van der Waals surface area contributed by atoms with Crippen molar-refractivity contribution in [3.8, 4) is 0 Å². The first-order valence-corrected chi connectivity index (χ1v) is 7.06. The van der Waals surface area contributed by atoms with E-state index in [4.69, 9.17) is 5.11 Å². The van der Waals surface area contributed by atoms with Crippen LogP contribution in [-0.2, 0) is 11.3 Å². The van der Waals surface area contributed by atoms with Gasteiger partial charge in [0, 0.05) is 24.8 Å². The lowest BCUT2D eigenvalue weighted by Crippen LogP contribution is -2.36. The highest BCUT2D eigenvalue weighted by atomic mass is 16.4. The molecule has 0 bridgehead atoms. The number of carboxylic acids is 1. The van der Waals surface area contributed by atoms with Crippen LogP contribution < -0.4 is 5.32 Å². The molecule has 2 N–H and O–H groups in total. The van der Waals surface area contributed by atoms with Crippen molar-refractivity contribution in [2.75, 3.05) is 0 Å². The molecule has 0 saturated heterocycles. The first-order chi connectivity index (χ1) is 9.06. The highest BCUT2D eigenvalue weighted by Gasteiger charge is 2.26. The van der Waals surface area contributed by atoms with Gasteiger partial charge in [0.15, 0.2) is 0 Å². The Morgan fingerprint density at radius 1 is 1.58 bits per heavy atom. The third kappa shape index (κ3) is 3.80. The third-order valence-corrected chi connectivity index (χ3v) is 3.79. The van der Waals surface area contributed by atoms with Gasteiger partial charge in [-0.3, -0.25) is 9.48 Å². The molecule has 0 aliphatic heterocycles. The molecule has 1 heterocycles. The van der Waals surface area contributed by atoms with Gasteiger partial charge in [0.25, 0.3) is 0 Å². The molecule has 19 heavy (non-hydrogen) atoms. The van der Waals surface area contributed by atoms with Crippen molar-refractivity contribution in [1.29, 1.82) is 0 Å². The summed E-state index contributed by atoms with van der Waals surface area (Å²) in [6.45, 7) is 4.92. The molecule has 1 aromatic rings. The number of aliphatic carboxylic acids is 1. The standard InChI is InChI=1S/C14H23N3O2/c1-10(2)17-7-6-13(16-17)9-15-12-5-3-4-11(8-12)14(18)19/h6-7,10-12,15H,3-5,8-9H2,1-2H3,(H,18,19). The summed E-state index contributed by atoms with van der Waals surface area (Å²) in [6, 6.07) is 2.70. The van der Waals surface area contributed by atoms with Gasteiger partial charge in [0.2, 0.25) is 0 Å². The second kappa shape index (κ2) is 6.19. The number of nitrogens with zero attached hydrogens (tertiary/aromatic N) is 2. The number of aromatic nitrogens is 2. The molecule has 2 rings (SSSR count). The molecule has 0 amide bonds. The van der Waals surface area contributed by atoms with Gasteiger partial charge in [0.05, 0.1) is 11.6 Å². The van der Waals surface area contributed by atoms with Crippen molar-refractivity contribution in [2.45, 2.75) is 58.2 Å². The Kier molecular flexibility index (Phi) is 4.58. The zero-order valence-electron chi connectivity index (χ0n) is 11.7. The van der Waals surface area contributed by atoms with Crippen LogP contribution in [0.5, 0.6) is 0 Å². The molecule has 0 radical (unpaired) electrons. The van der Waals surface area contributed by atoms with E-state index in [1.165, 1.54) is 0 Å². The van der Waals surface area contributed by atoms with Gasteiger partial charge in [-0.1, -0.05) is 6.42 Å². The van der Waals surface area contributed by atoms with Crippen LogP contribution in [0, 0.1) is 5.92 Å². The lowest BCUT2D eigenvalue weighted by molar-refractivity contribution is -0.143. The molecule has 1 aliphatic carbocycles. The van der Waals surface area contributed by atoms with Gasteiger partial charge in [-0.05, 0) is 39.2 Å². The van der Waals surface area contributed by atoms with Crippen molar-refractivity contribution in [3.05, 3.63) is 18.0 Å². The maximum absolute atomic E-state index is 11.0. The predicted molar refractivity (Wildman–Crippen MR) is 72.8 cm³/mol. The van der Waals surface area contributed by atoms with E-state index in [0.717, 1.165) is 37.9 Å². The lowest BCUT2D eigenvalue weighted by Gasteiger charge is -2.27. The van der Waals surface area contributed by atoms with Crippen molar-refractivity contribution in [2.24, 2.45) is 5.92 Å². The molecular formula is C14H23N3O2. The highest BCUT2D eigenvalue weighted by Crippen LogP contribution is 2.24. The van der Waals surface area contributed by atoms with Gasteiger partial charge < -0.3 is 10.4 Å². The van der Waals surface area contributed by atoms with Crippen LogP contribution in [0.2, 0.25) is 0 Å². The van der Waals surface area contributed by atoms with E-state index in [-0.39, 0.29) is 5.92 Å². The minimum Gasteiger partial charge on any atom is -0.481 e. The molecule has 1 aliphatic rings. The minimum atomic E-state index is -0.657. The Balaban J connectivity index is 1.82. The van der Waals surface area contributed by atoms with E-state index in [2.05, 4.69) is 24.3 Å². The molecule has 2 atom stereocenters. The summed E-state index contributed by atoms with van der Waals surface area (Å²) in [4.78, 5) is 11.0. The summed E-state index contributed by atoms with van der Waals surface area (Å²) in [5.74, 6) is -0.838. The molecule has 5 nitrogen and oxygen atoms in total. The molecule has 5 heteroatoms. The summed E-state index contributed by atoms with van der Waals surface area (Å²) >= 11 is 0. The first kappa shape index (κ1) is 14.1. The van der Waals surface area contributed by atoms with Gasteiger partial charge in [-0.2, -0.15) is 5.10 Å². The van der Waals surface area contributed by atoms with E-state index in [1.54, 1.807) is 0 Å². The maximum atomic E-state index is 11.0. The predicted octanol–water partition coefficient (Wildman–Crippen LogP) is 2.20. The van der Waals surface area contributed by atoms with Crippen LogP contribution in [0.3, 0.4) is 0 Å². The number of carbonyl (C=O) groups is 1. The number of hydrogen-bond acceptors (Lipinski definition) is 3. The third-order valence-electron chi connectivity index (χ3n) is 3.79. The van der Waals surface area contributed by atoms with Crippen LogP contribution in [0.4, 0.5) is 0 Å². The monoisotopic (exact) mass is 265 g/mol. The molecule has 1 saturated carbocycles. The summed E-state index contributed by atoms with van der Waals surface area (Å²) in [7, 11) is 0. The quantitative estimate of drug-likeness (QED) is 0.856. The molecule has 0 spiro atoms. The first-order valence-electron chi connectivity index (χ1n) is 7.06. The van der Waals surface area contributed by atoms with Crippen molar-refractivity contribution in [3.63, 3.8) is 0 Å². The van der Waals surface area contributed by atoms with E-state index >= 15 is 0 Å². The second-order valence-electron chi connectivity index (χ2n) is 5.66. The number of rotatable bonds is 5. The molecular weight excluding hydrogens is 242 g/mol.